The third-order valence-electron chi connectivity index (χ3n) is 5.26. The lowest BCUT2D eigenvalue weighted by Crippen LogP contribution is -2.23. The van der Waals surface area contributed by atoms with Gasteiger partial charge in [-0.2, -0.15) is 0 Å². The summed E-state index contributed by atoms with van der Waals surface area (Å²) in [6, 6.07) is 16.3. The zero-order valence-corrected chi connectivity index (χ0v) is 17.1. The van der Waals surface area contributed by atoms with Crippen molar-refractivity contribution in [3.05, 3.63) is 59.7 Å². The fraction of sp³-hybridized carbons (Fsp3) is 0.458. The van der Waals surface area contributed by atoms with Gasteiger partial charge in [0.05, 0.1) is 7.11 Å². The number of methoxy groups -OCH3 is 1. The van der Waals surface area contributed by atoms with Crippen molar-refractivity contribution in [2.24, 2.45) is 0 Å². The largest absolute Gasteiger partial charge is 0.497 e. The van der Waals surface area contributed by atoms with Crippen LogP contribution >= 0.6 is 0 Å². The molecule has 3 nitrogen and oxygen atoms in total. The van der Waals surface area contributed by atoms with Crippen molar-refractivity contribution in [2.45, 2.75) is 64.7 Å². The molecule has 0 fully saturated rings. The lowest BCUT2D eigenvalue weighted by Gasteiger charge is -2.31. The van der Waals surface area contributed by atoms with Crippen molar-refractivity contribution in [3.63, 3.8) is 0 Å². The molecule has 0 aliphatic rings. The Kier molecular flexibility index (Phi) is 7.90. The van der Waals surface area contributed by atoms with Crippen LogP contribution in [0.4, 0.5) is 0 Å². The summed E-state index contributed by atoms with van der Waals surface area (Å²) < 4.78 is 10.5. The van der Waals surface area contributed by atoms with Gasteiger partial charge in [0.2, 0.25) is 0 Å². The molecule has 0 spiro atoms. The predicted octanol–water partition coefficient (Wildman–Crippen LogP) is 6.29. The lowest BCUT2D eigenvalue weighted by atomic mass is 9.72. The van der Waals surface area contributed by atoms with Crippen LogP contribution < -0.4 is 9.47 Å². The molecular weight excluding hydrogens is 336 g/mol. The highest BCUT2D eigenvalue weighted by Crippen LogP contribution is 2.38. The maximum Gasteiger partial charge on any atom is 0.308 e. The Morgan fingerprint density at radius 1 is 0.852 bits per heavy atom. The minimum atomic E-state index is -0.295. The molecule has 0 aliphatic heterocycles. The summed E-state index contributed by atoms with van der Waals surface area (Å²) in [5.41, 5.74) is 2.42. The van der Waals surface area contributed by atoms with Crippen LogP contribution in [-0.4, -0.2) is 13.1 Å². The predicted molar refractivity (Wildman–Crippen MR) is 111 cm³/mol. The van der Waals surface area contributed by atoms with Crippen molar-refractivity contribution >= 4 is 5.97 Å². The van der Waals surface area contributed by atoms with E-state index in [0.29, 0.717) is 5.75 Å². The molecule has 2 aromatic rings. The number of ether oxygens (including phenoxy) is 2. The number of carbonyl (C=O) groups excluding carboxylic acids is 1. The van der Waals surface area contributed by atoms with Gasteiger partial charge in [0.25, 0.3) is 0 Å². The molecule has 0 saturated heterocycles. The molecule has 0 heterocycles. The van der Waals surface area contributed by atoms with Crippen LogP contribution in [0, 0.1) is 0 Å². The van der Waals surface area contributed by atoms with Gasteiger partial charge in [-0.15, -0.1) is 0 Å². The van der Waals surface area contributed by atoms with Crippen LogP contribution in [0.2, 0.25) is 0 Å². The molecule has 146 valence electrons. The summed E-state index contributed by atoms with van der Waals surface area (Å²) in [5, 5.41) is 0. The van der Waals surface area contributed by atoms with Crippen LogP contribution in [0.5, 0.6) is 11.5 Å². The second-order valence-corrected chi connectivity index (χ2v) is 7.34. The lowest BCUT2D eigenvalue weighted by molar-refractivity contribution is -0.131. The Labute approximate surface area is 163 Å². The highest BCUT2D eigenvalue weighted by atomic mass is 16.5. The van der Waals surface area contributed by atoms with Gasteiger partial charge < -0.3 is 9.47 Å². The minimum absolute atomic E-state index is 0.0900. The molecule has 0 saturated carbocycles. The summed E-state index contributed by atoms with van der Waals surface area (Å²) >= 11 is 0. The number of hydrogen-bond acceptors (Lipinski definition) is 3. The van der Waals surface area contributed by atoms with Crippen LogP contribution in [0.25, 0.3) is 0 Å². The fourth-order valence-corrected chi connectivity index (χ4v) is 3.55. The molecule has 27 heavy (non-hydrogen) atoms. The maximum absolute atomic E-state index is 11.2. The molecule has 0 N–H and O–H groups in total. The summed E-state index contributed by atoms with van der Waals surface area (Å²) in [4.78, 5) is 11.2. The summed E-state index contributed by atoms with van der Waals surface area (Å²) in [5.74, 6) is 1.16. The van der Waals surface area contributed by atoms with Crippen LogP contribution in [0.1, 0.15) is 70.4 Å². The summed E-state index contributed by atoms with van der Waals surface area (Å²) in [6.45, 7) is 5.97. The number of esters is 1. The summed E-state index contributed by atoms with van der Waals surface area (Å²) in [6.07, 6.45) is 7.37. The highest BCUT2D eigenvalue weighted by molar-refractivity contribution is 5.69. The van der Waals surface area contributed by atoms with E-state index in [9.17, 15) is 4.79 Å². The molecule has 1 unspecified atom stereocenters. The molecule has 3 heteroatoms. The number of benzene rings is 2. The zero-order valence-electron chi connectivity index (χ0n) is 17.1. The molecule has 1 atom stereocenters. The van der Waals surface area contributed by atoms with Gasteiger partial charge in [-0.05, 0) is 41.8 Å². The molecule has 2 aromatic carbocycles. The highest BCUT2D eigenvalue weighted by Gasteiger charge is 2.28. The van der Waals surface area contributed by atoms with E-state index in [4.69, 9.17) is 9.47 Å². The molecule has 2 rings (SSSR count). The standard InChI is InChI=1S/C24H32O3/c1-5-6-7-8-9-18-24(3,20-10-14-22(26-4)15-11-20)21-12-16-23(17-13-21)27-19(2)25/h10-17H,5-9,18H2,1-4H3. The van der Waals surface area contributed by atoms with Crippen LogP contribution in [0.15, 0.2) is 48.5 Å². The first-order valence-electron chi connectivity index (χ1n) is 9.93. The third-order valence-corrected chi connectivity index (χ3v) is 5.26. The average Bonchev–Trinajstić information content (AvgIpc) is 2.68. The molecule has 0 aromatic heterocycles. The number of rotatable bonds is 10. The van der Waals surface area contributed by atoms with Gasteiger partial charge in [-0.1, -0.05) is 70.2 Å². The van der Waals surface area contributed by atoms with Crippen LogP contribution in [-0.2, 0) is 10.2 Å². The van der Waals surface area contributed by atoms with E-state index in [1.54, 1.807) is 7.11 Å². The Morgan fingerprint density at radius 2 is 1.37 bits per heavy atom. The monoisotopic (exact) mass is 368 g/mol. The van der Waals surface area contributed by atoms with E-state index in [0.717, 1.165) is 12.2 Å². The van der Waals surface area contributed by atoms with E-state index in [2.05, 4.69) is 38.1 Å². The average molecular weight is 369 g/mol. The second kappa shape index (κ2) is 10.1. The van der Waals surface area contributed by atoms with E-state index >= 15 is 0 Å². The fourth-order valence-electron chi connectivity index (χ4n) is 3.55. The van der Waals surface area contributed by atoms with E-state index < -0.39 is 0 Å². The van der Waals surface area contributed by atoms with Crippen LogP contribution in [0.3, 0.4) is 0 Å². The van der Waals surface area contributed by atoms with Gasteiger partial charge in [0, 0.05) is 12.3 Å². The molecule has 0 amide bonds. The Bertz CT molecular complexity index is 703. The normalized spacial score (nSPS) is 13.0. The molecule has 0 bridgehead atoms. The van der Waals surface area contributed by atoms with E-state index in [1.165, 1.54) is 50.2 Å². The van der Waals surface area contributed by atoms with Gasteiger partial charge >= 0.3 is 5.97 Å². The van der Waals surface area contributed by atoms with Crippen molar-refractivity contribution < 1.29 is 14.3 Å². The van der Waals surface area contributed by atoms with E-state index in [1.807, 2.05) is 24.3 Å². The quantitative estimate of drug-likeness (QED) is 0.281. The van der Waals surface area contributed by atoms with Crippen molar-refractivity contribution in [2.75, 3.05) is 7.11 Å². The Morgan fingerprint density at radius 3 is 1.85 bits per heavy atom. The van der Waals surface area contributed by atoms with Gasteiger partial charge in [-0.25, -0.2) is 0 Å². The van der Waals surface area contributed by atoms with E-state index in [-0.39, 0.29) is 11.4 Å². The third kappa shape index (κ3) is 5.85. The Balaban J connectivity index is 2.25. The SMILES string of the molecule is CCCCCCCC(C)(c1ccc(OC)cc1)c1ccc(OC(C)=O)cc1. The second-order valence-electron chi connectivity index (χ2n) is 7.34. The van der Waals surface area contributed by atoms with Crippen molar-refractivity contribution in [1.82, 2.24) is 0 Å². The number of carbonyl (C=O) groups is 1. The first-order chi connectivity index (χ1) is 13.0. The smallest absolute Gasteiger partial charge is 0.308 e. The Hall–Kier alpha value is -2.29. The number of hydrogen-bond donors (Lipinski definition) is 0. The molecular formula is C24H32O3. The van der Waals surface area contributed by atoms with Crippen molar-refractivity contribution in [3.8, 4) is 11.5 Å². The van der Waals surface area contributed by atoms with Gasteiger partial charge in [0.1, 0.15) is 11.5 Å². The molecule has 0 radical (unpaired) electrons. The summed E-state index contributed by atoms with van der Waals surface area (Å²) in [7, 11) is 1.69. The van der Waals surface area contributed by atoms with Crippen molar-refractivity contribution in [1.29, 1.82) is 0 Å². The minimum Gasteiger partial charge on any atom is -0.497 e. The first-order valence-corrected chi connectivity index (χ1v) is 9.93. The zero-order chi connectivity index (χ0) is 19.7. The maximum atomic E-state index is 11.2. The topological polar surface area (TPSA) is 35.5 Å². The van der Waals surface area contributed by atoms with Gasteiger partial charge in [0.15, 0.2) is 0 Å². The van der Waals surface area contributed by atoms with Gasteiger partial charge in [-0.3, -0.25) is 4.79 Å². The number of unbranched alkanes of at least 4 members (excludes halogenated alkanes) is 4. The molecule has 0 aliphatic carbocycles. The first kappa shape index (κ1) is 21.0.